The molecule has 2 aromatic rings. The van der Waals surface area contributed by atoms with Crippen molar-refractivity contribution in [3.8, 4) is 5.69 Å². The third-order valence-electron chi connectivity index (χ3n) is 2.13. The Hall–Kier alpha value is -1.95. The van der Waals surface area contributed by atoms with Crippen LogP contribution in [0.25, 0.3) is 5.69 Å². The first kappa shape index (κ1) is 12.5. The standard InChI is InChI=1S/C11H9ClFN3O2/c1-2-18-11(17)9-6-16(15-14-9)10-4-3-7(13)5-8(10)12/h3-6H,2H2,1H3. The maximum atomic E-state index is 12.9. The molecule has 18 heavy (non-hydrogen) atoms. The van der Waals surface area contributed by atoms with E-state index < -0.39 is 11.8 Å². The van der Waals surface area contributed by atoms with Crippen LogP contribution in [0.4, 0.5) is 4.39 Å². The summed E-state index contributed by atoms with van der Waals surface area (Å²) >= 11 is 5.87. The number of rotatable bonds is 3. The molecular weight excluding hydrogens is 261 g/mol. The number of hydrogen-bond acceptors (Lipinski definition) is 4. The lowest BCUT2D eigenvalue weighted by molar-refractivity contribution is 0.0519. The first-order valence-corrected chi connectivity index (χ1v) is 5.54. The summed E-state index contributed by atoms with van der Waals surface area (Å²) in [6.07, 6.45) is 1.37. The minimum atomic E-state index is -0.568. The fourth-order valence-corrected chi connectivity index (χ4v) is 1.60. The quantitative estimate of drug-likeness (QED) is 0.802. The fourth-order valence-electron chi connectivity index (χ4n) is 1.35. The van der Waals surface area contributed by atoms with Gasteiger partial charge in [-0.3, -0.25) is 0 Å². The van der Waals surface area contributed by atoms with E-state index in [9.17, 15) is 9.18 Å². The molecule has 0 aliphatic rings. The predicted octanol–water partition coefficient (Wildman–Crippen LogP) is 2.24. The van der Waals surface area contributed by atoms with Gasteiger partial charge in [-0.25, -0.2) is 13.9 Å². The molecule has 0 radical (unpaired) electrons. The zero-order valence-corrected chi connectivity index (χ0v) is 10.2. The van der Waals surface area contributed by atoms with E-state index in [1.807, 2.05) is 0 Å². The van der Waals surface area contributed by atoms with Gasteiger partial charge in [0.1, 0.15) is 5.82 Å². The van der Waals surface area contributed by atoms with Crippen LogP contribution in [0.15, 0.2) is 24.4 Å². The van der Waals surface area contributed by atoms with Crippen molar-refractivity contribution >= 4 is 17.6 Å². The third-order valence-corrected chi connectivity index (χ3v) is 2.44. The molecule has 0 spiro atoms. The Bertz CT molecular complexity index is 585. The Labute approximate surface area is 107 Å². The normalized spacial score (nSPS) is 10.4. The van der Waals surface area contributed by atoms with Crippen LogP contribution in [-0.2, 0) is 4.74 Å². The maximum absolute atomic E-state index is 12.9. The molecule has 0 saturated heterocycles. The van der Waals surface area contributed by atoms with Crippen molar-refractivity contribution < 1.29 is 13.9 Å². The molecule has 0 unspecified atom stereocenters. The molecule has 1 aromatic carbocycles. The summed E-state index contributed by atoms with van der Waals surface area (Å²) < 4.78 is 19.0. The summed E-state index contributed by atoms with van der Waals surface area (Å²) in [6, 6.07) is 3.84. The number of benzene rings is 1. The smallest absolute Gasteiger partial charge is 0.360 e. The predicted molar refractivity (Wildman–Crippen MR) is 62.3 cm³/mol. The van der Waals surface area contributed by atoms with Crippen LogP contribution in [0.2, 0.25) is 5.02 Å². The second kappa shape index (κ2) is 5.14. The van der Waals surface area contributed by atoms with Crippen molar-refractivity contribution in [2.75, 3.05) is 6.61 Å². The molecule has 1 heterocycles. The first-order chi connectivity index (χ1) is 8.61. The summed E-state index contributed by atoms with van der Waals surface area (Å²) in [6.45, 7) is 1.95. The average molecular weight is 270 g/mol. The highest BCUT2D eigenvalue weighted by Crippen LogP contribution is 2.20. The number of carbonyl (C=O) groups is 1. The van der Waals surface area contributed by atoms with Gasteiger partial charge in [0, 0.05) is 0 Å². The fraction of sp³-hybridized carbons (Fsp3) is 0.182. The monoisotopic (exact) mass is 269 g/mol. The lowest BCUT2D eigenvalue weighted by Crippen LogP contribution is -2.04. The molecule has 7 heteroatoms. The number of nitrogens with zero attached hydrogens (tertiary/aromatic N) is 3. The van der Waals surface area contributed by atoms with Crippen LogP contribution in [-0.4, -0.2) is 27.6 Å². The van der Waals surface area contributed by atoms with Crippen LogP contribution in [0.5, 0.6) is 0 Å². The molecule has 0 aliphatic carbocycles. The Morgan fingerprint density at radius 2 is 2.33 bits per heavy atom. The molecule has 0 saturated carbocycles. The van der Waals surface area contributed by atoms with Crippen LogP contribution >= 0.6 is 11.6 Å². The molecule has 0 atom stereocenters. The summed E-state index contributed by atoms with van der Waals surface area (Å²) in [7, 11) is 0. The minimum absolute atomic E-state index is 0.0669. The number of aromatic nitrogens is 3. The molecule has 0 fully saturated rings. The van der Waals surface area contributed by atoms with Gasteiger partial charge in [0.05, 0.1) is 23.5 Å². The summed E-state index contributed by atoms with van der Waals surface area (Å²) in [5.74, 6) is -1.02. The van der Waals surface area contributed by atoms with Crippen molar-refractivity contribution in [1.82, 2.24) is 15.0 Å². The van der Waals surface area contributed by atoms with Gasteiger partial charge in [-0.1, -0.05) is 16.8 Å². The van der Waals surface area contributed by atoms with Crippen molar-refractivity contribution in [3.63, 3.8) is 0 Å². The molecule has 0 amide bonds. The molecule has 5 nitrogen and oxygen atoms in total. The van der Waals surface area contributed by atoms with Gasteiger partial charge in [-0.2, -0.15) is 0 Å². The largest absolute Gasteiger partial charge is 0.461 e. The Morgan fingerprint density at radius 1 is 1.56 bits per heavy atom. The number of ether oxygens (including phenoxy) is 1. The van der Waals surface area contributed by atoms with Gasteiger partial charge < -0.3 is 4.74 Å². The van der Waals surface area contributed by atoms with E-state index in [4.69, 9.17) is 16.3 Å². The molecule has 94 valence electrons. The van der Waals surface area contributed by atoms with Crippen LogP contribution < -0.4 is 0 Å². The van der Waals surface area contributed by atoms with Crippen LogP contribution in [0, 0.1) is 5.82 Å². The van der Waals surface area contributed by atoms with E-state index in [0.717, 1.165) is 6.07 Å². The second-order valence-corrected chi connectivity index (χ2v) is 3.77. The van der Waals surface area contributed by atoms with E-state index in [0.29, 0.717) is 5.69 Å². The number of esters is 1. The zero-order valence-electron chi connectivity index (χ0n) is 9.43. The lowest BCUT2D eigenvalue weighted by atomic mass is 10.3. The van der Waals surface area contributed by atoms with Gasteiger partial charge in [0.15, 0.2) is 5.69 Å². The maximum Gasteiger partial charge on any atom is 0.360 e. The lowest BCUT2D eigenvalue weighted by Gasteiger charge is -2.02. The molecule has 0 N–H and O–H groups in total. The molecule has 1 aromatic heterocycles. The van der Waals surface area contributed by atoms with E-state index in [1.165, 1.54) is 23.0 Å². The molecule has 2 rings (SSSR count). The summed E-state index contributed by atoms with van der Waals surface area (Å²) in [5.41, 5.74) is 0.498. The van der Waals surface area contributed by atoms with Crippen molar-refractivity contribution in [2.24, 2.45) is 0 Å². The minimum Gasteiger partial charge on any atom is -0.461 e. The zero-order chi connectivity index (χ0) is 13.1. The highest BCUT2D eigenvalue weighted by Gasteiger charge is 2.13. The number of halogens is 2. The third kappa shape index (κ3) is 2.48. The van der Waals surface area contributed by atoms with Crippen molar-refractivity contribution in [3.05, 3.63) is 40.9 Å². The van der Waals surface area contributed by atoms with E-state index in [2.05, 4.69) is 10.3 Å². The SMILES string of the molecule is CCOC(=O)c1cn(-c2ccc(F)cc2Cl)nn1. The molecule has 0 aliphatic heterocycles. The van der Waals surface area contributed by atoms with Crippen LogP contribution in [0.3, 0.4) is 0 Å². The Balaban J connectivity index is 2.32. The Morgan fingerprint density at radius 3 is 3.00 bits per heavy atom. The number of hydrogen-bond donors (Lipinski definition) is 0. The topological polar surface area (TPSA) is 57.0 Å². The molecular formula is C11H9ClFN3O2. The summed E-state index contributed by atoms with van der Waals surface area (Å²) in [5, 5.41) is 7.58. The Kier molecular flexibility index (Phi) is 3.57. The van der Waals surface area contributed by atoms with Gasteiger partial charge in [0.25, 0.3) is 0 Å². The summed E-state index contributed by atoms with van der Waals surface area (Å²) in [4.78, 5) is 11.4. The van der Waals surface area contributed by atoms with Crippen molar-refractivity contribution in [2.45, 2.75) is 6.92 Å². The van der Waals surface area contributed by atoms with Gasteiger partial charge in [-0.05, 0) is 25.1 Å². The second-order valence-electron chi connectivity index (χ2n) is 3.36. The molecule has 0 bridgehead atoms. The van der Waals surface area contributed by atoms with E-state index in [-0.39, 0.29) is 17.3 Å². The van der Waals surface area contributed by atoms with E-state index in [1.54, 1.807) is 6.92 Å². The highest BCUT2D eigenvalue weighted by atomic mass is 35.5. The number of carbonyl (C=O) groups excluding carboxylic acids is 1. The van der Waals surface area contributed by atoms with Crippen LogP contribution in [0.1, 0.15) is 17.4 Å². The van der Waals surface area contributed by atoms with Gasteiger partial charge in [-0.15, -0.1) is 5.10 Å². The van der Waals surface area contributed by atoms with Gasteiger partial charge >= 0.3 is 5.97 Å². The first-order valence-electron chi connectivity index (χ1n) is 5.16. The van der Waals surface area contributed by atoms with E-state index >= 15 is 0 Å². The van der Waals surface area contributed by atoms with Crippen molar-refractivity contribution in [1.29, 1.82) is 0 Å². The highest BCUT2D eigenvalue weighted by molar-refractivity contribution is 6.32. The average Bonchev–Trinajstić information content (AvgIpc) is 2.78. The van der Waals surface area contributed by atoms with Gasteiger partial charge in [0.2, 0.25) is 0 Å².